The number of rotatable bonds is 3. The molecule has 0 fully saturated rings. The lowest BCUT2D eigenvalue weighted by Gasteiger charge is -2.04. The highest BCUT2D eigenvalue weighted by atomic mass is 16.4. The van der Waals surface area contributed by atoms with Gasteiger partial charge in [-0.1, -0.05) is 11.3 Å². The molecular weight excluding hydrogens is 246 g/mol. The molecule has 0 aliphatic rings. The third-order valence-corrected chi connectivity index (χ3v) is 3.00. The van der Waals surface area contributed by atoms with E-state index in [1.165, 1.54) is 0 Å². The SMILES string of the molecule is Cn1nccc1Cn1nnc2cccc(C(=O)O)c21. The van der Waals surface area contributed by atoms with Gasteiger partial charge in [-0.2, -0.15) is 5.10 Å². The maximum absolute atomic E-state index is 11.2. The summed E-state index contributed by atoms with van der Waals surface area (Å²) < 4.78 is 3.30. The molecule has 0 radical (unpaired) electrons. The summed E-state index contributed by atoms with van der Waals surface area (Å²) in [5.74, 6) is -0.987. The largest absolute Gasteiger partial charge is 0.478 e. The highest BCUT2D eigenvalue weighted by Crippen LogP contribution is 2.17. The van der Waals surface area contributed by atoms with Crippen LogP contribution in [0, 0.1) is 0 Å². The summed E-state index contributed by atoms with van der Waals surface area (Å²) in [6, 6.07) is 6.81. The van der Waals surface area contributed by atoms with E-state index < -0.39 is 5.97 Å². The first-order valence-electron chi connectivity index (χ1n) is 5.69. The van der Waals surface area contributed by atoms with Crippen molar-refractivity contribution in [2.75, 3.05) is 0 Å². The smallest absolute Gasteiger partial charge is 0.337 e. The third-order valence-electron chi connectivity index (χ3n) is 3.00. The zero-order chi connectivity index (χ0) is 13.4. The molecule has 0 spiro atoms. The molecule has 0 unspecified atom stereocenters. The third kappa shape index (κ3) is 1.85. The quantitative estimate of drug-likeness (QED) is 0.753. The van der Waals surface area contributed by atoms with E-state index in [1.54, 1.807) is 33.8 Å². The molecule has 0 atom stereocenters. The van der Waals surface area contributed by atoms with E-state index in [0.717, 1.165) is 5.69 Å². The van der Waals surface area contributed by atoms with Crippen LogP contribution in [0.1, 0.15) is 16.1 Å². The maximum Gasteiger partial charge on any atom is 0.337 e. The second kappa shape index (κ2) is 4.20. The first kappa shape index (κ1) is 11.4. The standard InChI is InChI=1S/C12H11N5O2/c1-16-8(5-6-13-16)7-17-11-9(12(18)19)3-2-4-10(11)14-15-17/h2-6H,7H2,1H3,(H,18,19). The van der Waals surface area contributed by atoms with Crippen molar-refractivity contribution in [2.24, 2.45) is 7.05 Å². The number of fused-ring (bicyclic) bond motifs is 1. The molecule has 2 heterocycles. The lowest BCUT2D eigenvalue weighted by molar-refractivity contribution is 0.0698. The first-order chi connectivity index (χ1) is 9.16. The molecule has 2 aromatic heterocycles. The minimum atomic E-state index is -0.987. The zero-order valence-corrected chi connectivity index (χ0v) is 10.2. The Morgan fingerprint density at radius 1 is 1.37 bits per heavy atom. The maximum atomic E-state index is 11.2. The number of benzene rings is 1. The van der Waals surface area contributed by atoms with Crippen LogP contribution in [0.3, 0.4) is 0 Å². The number of aromatic nitrogens is 5. The highest BCUT2D eigenvalue weighted by molar-refractivity contribution is 6.00. The number of hydrogen-bond acceptors (Lipinski definition) is 4. The molecule has 0 saturated heterocycles. The second-order valence-electron chi connectivity index (χ2n) is 4.17. The molecule has 0 bridgehead atoms. The van der Waals surface area contributed by atoms with Crippen molar-refractivity contribution >= 4 is 17.0 Å². The Hall–Kier alpha value is -2.70. The van der Waals surface area contributed by atoms with E-state index in [2.05, 4.69) is 15.4 Å². The Morgan fingerprint density at radius 3 is 2.89 bits per heavy atom. The Balaban J connectivity index is 2.14. The van der Waals surface area contributed by atoms with Crippen molar-refractivity contribution in [3.8, 4) is 0 Å². The Labute approximate surface area is 108 Å². The molecule has 1 aromatic carbocycles. The summed E-state index contributed by atoms with van der Waals surface area (Å²) in [7, 11) is 1.83. The Bertz CT molecular complexity index is 758. The summed E-state index contributed by atoms with van der Waals surface area (Å²) in [6.45, 7) is 0.428. The van der Waals surface area contributed by atoms with Gasteiger partial charge in [0.25, 0.3) is 0 Å². The molecule has 0 aliphatic heterocycles. The van der Waals surface area contributed by atoms with Gasteiger partial charge in [-0.05, 0) is 18.2 Å². The predicted octanol–water partition coefficient (Wildman–Crippen LogP) is 0.911. The van der Waals surface area contributed by atoms with Crippen LogP contribution in [0.5, 0.6) is 0 Å². The molecule has 3 aromatic rings. The number of carbonyl (C=O) groups is 1. The van der Waals surface area contributed by atoms with Crippen molar-refractivity contribution in [3.63, 3.8) is 0 Å². The van der Waals surface area contributed by atoms with Crippen LogP contribution < -0.4 is 0 Å². The highest BCUT2D eigenvalue weighted by Gasteiger charge is 2.15. The van der Waals surface area contributed by atoms with Crippen LogP contribution in [-0.2, 0) is 13.6 Å². The lowest BCUT2D eigenvalue weighted by atomic mass is 10.2. The van der Waals surface area contributed by atoms with Crippen molar-refractivity contribution in [2.45, 2.75) is 6.54 Å². The van der Waals surface area contributed by atoms with E-state index in [0.29, 0.717) is 17.6 Å². The van der Waals surface area contributed by atoms with Crippen LogP contribution in [0.25, 0.3) is 11.0 Å². The summed E-state index contributed by atoms with van der Waals surface area (Å²) in [4.78, 5) is 11.2. The molecule has 0 aliphatic carbocycles. The number of aryl methyl sites for hydroxylation is 1. The molecule has 0 saturated carbocycles. The summed E-state index contributed by atoms with van der Waals surface area (Å²) in [6.07, 6.45) is 1.69. The van der Waals surface area contributed by atoms with Gasteiger partial charge in [-0.15, -0.1) is 5.10 Å². The van der Waals surface area contributed by atoms with Gasteiger partial charge in [0.2, 0.25) is 0 Å². The van der Waals surface area contributed by atoms with E-state index >= 15 is 0 Å². The van der Waals surface area contributed by atoms with Gasteiger partial charge >= 0.3 is 5.97 Å². The average molecular weight is 257 g/mol. The van der Waals surface area contributed by atoms with Crippen LogP contribution in [0.2, 0.25) is 0 Å². The van der Waals surface area contributed by atoms with Crippen molar-refractivity contribution < 1.29 is 9.90 Å². The van der Waals surface area contributed by atoms with E-state index in [4.69, 9.17) is 0 Å². The molecule has 0 amide bonds. The van der Waals surface area contributed by atoms with E-state index in [1.807, 2.05) is 13.1 Å². The van der Waals surface area contributed by atoms with Gasteiger partial charge in [0.1, 0.15) is 11.0 Å². The second-order valence-corrected chi connectivity index (χ2v) is 4.17. The number of carboxylic acid groups (broad SMARTS) is 1. The van der Waals surface area contributed by atoms with Crippen LogP contribution >= 0.6 is 0 Å². The zero-order valence-electron chi connectivity index (χ0n) is 10.2. The number of aromatic carboxylic acids is 1. The van der Waals surface area contributed by atoms with Crippen LogP contribution in [-0.4, -0.2) is 35.9 Å². The van der Waals surface area contributed by atoms with Crippen LogP contribution in [0.15, 0.2) is 30.5 Å². The molecule has 19 heavy (non-hydrogen) atoms. The molecule has 1 N–H and O–H groups in total. The van der Waals surface area contributed by atoms with Gasteiger partial charge in [0.05, 0.1) is 17.8 Å². The molecular formula is C12H11N5O2. The fourth-order valence-corrected chi connectivity index (χ4v) is 2.02. The van der Waals surface area contributed by atoms with Gasteiger partial charge < -0.3 is 5.11 Å². The van der Waals surface area contributed by atoms with Crippen molar-refractivity contribution in [1.82, 2.24) is 24.8 Å². The van der Waals surface area contributed by atoms with Crippen molar-refractivity contribution in [3.05, 3.63) is 41.7 Å². The molecule has 7 nitrogen and oxygen atoms in total. The lowest BCUT2D eigenvalue weighted by Crippen LogP contribution is -2.09. The normalized spacial score (nSPS) is 11.0. The van der Waals surface area contributed by atoms with Gasteiger partial charge in [-0.3, -0.25) is 4.68 Å². The van der Waals surface area contributed by atoms with Crippen LogP contribution in [0.4, 0.5) is 0 Å². The minimum absolute atomic E-state index is 0.199. The van der Waals surface area contributed by atoms with Crippen molar-refractivity contribution in [1.29, 1.82) is 0 Å². The fraction of sp³-hybridized carbons (Fsp3) is 0.167. The topological polar surface area (TPSA) is 85.8 Å². The fourth-order valence-electron chi connectivity index (χ4n) is 2.02. The number of para-hydroxylation sites is 1. The van der Waals surface area contributed by atoms with E-state index in [-0.39, 0.29) is 5.56 Å². The van der Waals surface area contributed by atoms with E-state index in [9.17, 15) is 9.90 Å². The average Bonchev–Trinajstić information content (AvgIpc) is 2.97. The Kier molecular flexibility index (Phi) is 2.52. The van der Waals surface area contributed by atoms with Gasteiger partial charge in [0.15, 0.2) is 0 Å². The first-order valence-corrected chi connectivity index (χ1v) is 5.69. The minimum Gasteiger partial charge on any atom is -0.478 e. The Morgan fingerprint density at radius 2 is 2.21 bits per heavy atom. The number of hydrogen-bond donors (Lipinski definition) is 1. The summed E-state index contributed by atoms with van der Waals surface area (Å²) >= 11 is 0. The molecule has 3 rings (SSSR count). The number of carboxylic acids is 1. The predicted molar refractivity (Wildman–Crippen MR) is 66.8 cm³/mol. The summed E-state index contributed by atoms with van der Waals surface area (Å²) in [5.41, 5.74) is 2.22. The van der Waals surface area contributed by atoms with Gasteiger partial charge in [-0.25, -0.2) is 9.48 Å². The molecule has 96 valence electrons. The van der Waals surface area contributed by atoms with Gasteiger partial charge in [0, 0.05) is 13.2 Å². The number of nitrogens with zero attached hydrogens (tertiary/aromatic N) is 5. The molecule has 7 heteroatoms. The summed E-state index contributed by atoms with van der Waals surface area (Å²) in [5, 5.41) is 21.3. The monoisotopic (exact) mass is 257 g/mol.